The van der Waals surface area contributed by atoms with Crippen LogP contribution in [0.5, 0.6) is 0 Å². The van der Waals surface area contributed by atoms with E-state index in [1.54, 1.807) is 22.7 Å². The SMILES string of the molecule is Cc1ncsc1-c1ccc([C@H](C)NC(=O)[C@@H]2C[C@@H](O)CN2C(=O)[C@@H](NC(=O)C2CCC(NC(=O)c3nc(N4CCCc5c4nnc(Nc4nc6ccccc6s4)c5C)ccc3-c3cnn(C[C@]45C[C@]6(C)C[C@](C)(C4)C[C@@](OCCN4CCCC4)(C6)C5)c3C)CC2)C(C)(C)C)cc1. The van der Waals surface area contributed by atoms with Crippen molar-refractivity contribution in [2.45, 2.75) is 201 Å². The Labute approximate surface area is 571 Å². The van der Waals surface area contributed by atoms with Crippen LogP contribution in [0, 0.1) is 48.3 Å². The number of aromatic nitrogens is 7. The highest BCUT2D eigenvalue weighted by molar-refractivity contribution is 7.22. The lowest BCUT2D eigenvalue weighted by atomic mass is 9.39. The molecule has 3 aliphatic heterocycles. The van der Waals surface area contributed by atoms with Crippen LogP contribution in [0.25, 0.3) is 31.8 Å². The van der Waals surface area contributed by atoms with Crippen molar-refractivity contribution in [3.8, 4) is 21.6 Å². The second kappa shape index (κ2) is 25.9. The summed E-state index contributed by atoms with van der Waals surface area (Å²) in [6.07, 6.45) is 14.1. The first-order chi connectivity index (χ1) is 45.9. The van der Waals surface area contributed by atoms with Crippen molar-refractivity contribution < 1.29 is 29.0 Å². The number of carbonyl (C=O) groups excluding carboxylic acids is 4. The summed E-state index contributed by atoms with van der Waals surface area (Å²) in [6, 6.07) is 17.6. The maximum Gasteiger partial charge on any atom is 0.270 e. The number of hydrogen-bond donors (Lipinski definition) is 5. The third kappa shape index (κ3) is 13.2. The number of benzene rings is 2. The van der Waals surface area contributed by atoms with Crippen LogP contribution >= 0.6 is 22.7 Å². The molecule has 5 aromatic heterocycles. The molecule has 0 spiro atoms. The first kappa shape index (κ1) is 66.0. The number of pyridine rings is 1. The molecule has 2 aromatic carbocycles. The number of aryl methyl sites for hydroxylation is 1. The Morgan fingerprint density at radius 2 is 1.57 bits per heavy atom. The van der Waals surface area contributed by atoms with E-state index in [1.807, 2.05) is 101 Å². The summed E-state index contributed by atoms with van der Waals surface area (Å²) in [4.78, 5) is 80.3. The molecule has 22 heteroatoms. The first-order valence-corrected chi connectivity index (χ1v) is 36.7. The number of β-amino-alcohol motifs (C(OH)–C–C–N with tert-alkyl or cyclic N) is 1. The minimum atomic E-state index is -0.975. The number of hydrogen-bond acceptors (Lipinski definition) is 17. The summed E-state index contributed by atoms with van der Waals surface area (Å²) in [5.41, 5.74) is 10.1. The highest BCUT2D eigenvalue weighted by Gasteiger charge is 2.66. The molecule has 4 amide bonds. The first-order valence-electron chi connectivity index (χ1n) is 35.0. The zero-order valence-electron chi connectivity index (χ0n) is 57.2. The van der Waals surface area contributed by atoms with Crippen LogP contribution in [0.2, 0.25) is 0 Å². The molecule has 0 unspecified atom stereocenters. The van der Waals surface area contributed by atoms with Crippen LogP contribution in [-0.4, -0.2) is 143 Å². The minimum absolute atomic E-state index is 0.0147. The molecule has 5 aliphatic carbocycles. The van der Waals surface area contributed by atoms with E-state index < -0.39 is 35.4 Å². The summed E-state index contributed by atoms with van der Waals surface area (Å²) < 4.78 is 10.4. The second-order valence-corrected chi connectivity index (χ2v) is 33.2. The number of fused-ring (bicyclic) bond motifs is 2. The Morgan fingerprint density at radius 3 is 2.29 bits per heavy atom. The van der Waals surface area contributed by atoms with Crippen molar-refractivity contribution in [2.24, 2.45) is 27.6 Å². The lowest BCUT2D eigenvalue weighted by Crippen LogP contribution is -2.64. The number of rotatable bonds is 19. The molecule has 8 atom stereocenters. The van der Waals surface area contributed by atoms with Gasteiger partial charge in [-0.2, -0.15) is 5.10 Å². The van der Waals surface area contributed by atoms with Gasteiger partial charge in [0.2, 0.25) is 17.7 Å². The lowest BCUT2D eigenvalue weighted by molar-refractivity contribution is -0.248. The van der Waals surface area contributed by atoms with Crippen LogP contribution in [0.15, 0.2) is 72.4 Å². The van der Waals surface area contributed by atoms with Crippen LogP contribution in [0.4, 0.5) is 22.6 Å². The molecule has 0 radical (unpaired) electrons. The zero-order chi connectivity index (χ0) is 67.1. The zero-order valence-corrected chi connectivity index (χ0v) is 58.9. The number of para-hydroxylation sites is 1. The van der Waals surface area contributed by atoms with E-state index in [1.165, 1.54) is 37.3 Å². The third-order valence-corrected chi connectivity index (χ3v) is 24.2. The van der Waals surface area contributed by atoms with Crippen molar-refractivity contribution in [1.82, 2.24) is 60.7 Å². The average Bonchev–Trinajstić information content (AvgIpc) is 1.23. The molecular weight excluding hydrogens is 1250 g/mol. The van der Waals surface area contributed by atoms with Crippen LogP contribution in [0.3, 0.4) is 0 Å². The van der Waals surface area contributed by atoms with Crippen molar-refractivity contribution in [3.63, 3.8) is 0 Å². The fourth-order valence-corrected chi connectivity index (χ4v) is 20.4. The number of ether oxygens (including phenoxy) is 1. The van der Waals surface area contributed by atoms with Crippen LogP contribution in [-0.2, 0) is 32.1 Å². The molecule has 508 valence electrons. The molecule has 8 heterocycles. The Balaban J connectivity index is 0.683. The number of aliphatic hydroxyl groups is 1. The molecular formula is C74H94N14O6S2. The average molecular weight is 1340 g/mol. The summed E-state index contributed by atoms with van der Waals surface area (Å²) in [7, 11) is 0. The van der Waals surface area contributed by atoms with Crippen molar-refractivity contribution in [2.75, 3.05) is 49.5 Å². The fraction of sp³-hybridized carbons (Fsp3) is 0.568. The normalized spacial score (nSPS) is 27.0. The van der Waals surface area contributed by atoms with E-state index in [9.17, 15) is 19.5 Å². The molecule has 96 heavy (non-hydrogen) atoms. The topological polar surface area (TPSA) is 238 Å². The molecule has 7 aromatic rings. The summed E-state index contributed by atoms with van der Waals surface area (Å²) in [5, 5.41) is 39.6. The van der Waals surface area contributed by atoms with E-state index in [0.717, 1.165) is 124 Å². The van der Waals surface area contributed by atoms with Gasteiger partial charge in [0, 0.05) is 72.5 Å². The number of thiazole rings is 2. The van der Waals surface area contributed by atoms with Crippen molar-refractivity contribution >= 4 is 79.1 Å². The van der Waals surface area contributed by atoms with Gasteiger partial charge in [-0.3, -0.25) is 23.9 Å². The lowest BCUT2D eigenvalue weighted by Gasteiger charge is -2.69. The molecule has 4 bridgehead atoms. The van der Waals surface area contributed by atoms with E-state index in [-0.39, 0.29) is 70.3 Å². The predicted molar refractivity (Wildman–Crippen MR) is 375 cm³/mol. The third-order valence-electron chi connectivity index (χ3n) is 22.3. The van der Waals surface area contributed by atoms with Crippen LogP contribution < -0.4 is 26.2 Å². The van der Waals surface area contributed by atoms with Gasteiger partial charge in [0.05, 0.1) is 56.8 Å². The molecule has 20 nitrogen and oxygen atoms in total. The molecule has 5 N–H and O–H groups in total. The highest BCUT2D eigenvalue weighted by atomic mass is 32.1. The van der Waals surface area contributed by atoms with Gasteiger partial charge in [0.1, 0.15) is 23.6 Å². The number of nitrogens with zero attached hydrogens (tertiary/aromatic N) is 10. The Morgan fingerprint density at radius 1 is 0.823 bits per heavy atom. The van der Waals surface area contributed by atoms with Gasteiger partial charge < -0.3 is 45.8 Å². The summed E-state index contributed by atoms with van der Waals surface area (Å²) >= 11 is 3.16. The van der Waals surface area contributed by atoms with Gasteiger partial charge >= 0.3 is 0 Å². The number of amides is 4. The minimum Gasteiger partial charge on any atom is -0.391 e. The van der Waals surface area contributed by atoms with Gasteiger partial charge in [-0.05, 0) is 188 Å². The standard InChI is InChI=1S/C74H94N14O6S2/c1-44-53-15-14-30-86(64(53)84-83-63(44)82-69-79-56-16-10-11-17-58(56)96-69)59-27-26-54(55-34-76-88(47(55)4)42-73-37-71(8)36-72(9,38-73)40-74(39-71,41-73)94-32-31-85-28-12-13-29-85)60(80-59)67(92)78-51-24-22-50(23-25-51)65(90)81-62(70(5,6)7)68(93)87-35-52(89)33-57(87)66(91)77-45(2)48-18-20-49(21-19-48)61-46(3)75-43-95-61/h10-11,16-21,26-27,34,43,45,50-52,57,62,89H,12-15,22-25,28-33,35-42H2,1-9H3,(H,77,91)(H,78,92)(H,81,90)(H,79,82,83)/t45-,50?,51?,52+,57-,62+,71-,72+,73+,74-/m0/s1. The molecule has 5 saturated carbocycles. The quantitative estimate of drug-likeness (QED) is 0.0506. The largest absolute Gasteiger partial charge is 0.391 e. The Hall–Kier alpha value is -7.24. The monoisotopic (exact) mass is 1340 g/mol. The number of likely N-dealkylation sites (tertiary alicyclic amines) is 2. The van der Waals surface area contributed by atoms with E-state index in [0.29, 0.717) is 55.2 Å². The van der Waals surface area contributed by atoms with E-state index in [2.05, 4.69) is 74.5 Å². The van der Waals surface area contributed by atoms with E-state index in [4.69, 9.17) is 30.0 Å². The maximum atomic E-state index is 15.3. The van der Waals surface area contributed by atoms with Gasteiger partial charge in [-0.25, -0.2) is 15.0 Å². The van der Waals surface area contributed by atoms with Crippen molar-refractivity contribution in [3.05, 3.63) is 106 Å². The van der Waals surface area contributed by atoms with Gasteiger partial charge in [0.15, 0.2) is 16.8 Å². The van der Waals surface area contributed by atoms with Gasteiger partial charge in [0.25, 0.3) is 5.91 Å². The smallest absolute Gasteiger partial charge is 0.270 e. The fourth-order valence-electron chi connectivity index (χ4n) is 18.7. The van der Waals surface area contributed by atoms with E-state index >= 15 is 4.79 Å². The highest BCUT2D eigenvalue weighted by Crippen LogP contribution is 2.72. The van der Waals surface area contributed by atoms with Crippen molar-refractivity contribution in [1.29, 1.82) is 0 Å². The Kier molecular flexibility index (Phi) is 17.8. The summed E-state index contributed by atoms with van der Waals surface area (Å²) in [6.45, 7) is 24.3. The summed E-state index contributed by atoms with van der Waals surface area (Å²) in [5.74, 6) is 0.204. The molecule has 2 saturated heterocycles. The predicted octanol–water partition coefficient (Wildman–Crippen LogP) is 12.1. The number of nitrogens with one attached hydrogen (secondary N) is 4. The molecule has 15 rings (SSSR count). The molecule has 7 fully saturated rings. The second-order valence-electron chi connectivity index (χ2n) is 31.3. The van der Waals surface area contributed by atoms with Gasteiger partial charge in [-0.15, -0.1) is 21.5 Å². The Bertz CT molecular complexity index is 4040. The number of aliphatic hydroxyl groups excluding tert-OH is 1. The van der Waals surface area contributed by atoms with Crippen LogP contribution in [0.1, 0.15) is 176 Å². The number of anilines is 4. The molecule has 8 aliphatic rings. The number of carbonyl (C=O) groups is 4. The maximum absolute atomic E-state index is 15.3. The van der Waals surface area contributed by atoms with Gasteiger partial charge in [-0.1, -0.05) is 82.4 Å².